The van der Waals surface area contributed by atoms with Crippen molar-refractivity contribution < 1.29 is 0 Å². The van der Waals surface area contributed by atoms with Gasteiger partial charge in [0.25, 0.3) is 0 Å². The molecule has 1 N–H and O–H groups in total. The molecule has 1 aromatic heterocycles. The molecule has 1 heterocycles. The molecule has 11 heavy (non-hydrogen) atoms. The first kappa shape index (κ1) is 7.90. The largest absolute Gasteiger partial charge is 0.359 e. The third-order valence-corrected chi connectivity index (χ3v) is 1.33. The van der Waals surface area contributed by atoms with E-state index < -0.39 is 0 Å². The zero-order chi connectivity index (χ0) is 8.10. The quantitative estimate of drug-likeness (QED) is 0.678. The van der Waals surface area contributed by atoms with Crippen LogP contribution in [0.25, 0.3) is 0 Å². The van der Waals surface area contributed by atoms with E-state index in [0.717, 1.165) is 0 Å². The number of rotatable bonds is 2. The van der Waals surface area contributed by atoms with Crippen LogP contribution < -0.4 is 5.32 Å². The number of hydrogen-bond acceptors (Lipinski definition) is 2. The van der Waals surface area contributed by atoms with Crippen LogP contribution in [0.3, 0.4) is 0 Å². The molecular formula is C8H7ClN2. The number of nitrogens with one attached hydrogen (secondary N) is 1. The molecule has 0 aromatic carbocycles. The van der Waals surface area contributed by atoms with Crippen LogP contribution in [-0.2, 0) is 0 Å². The maximum Gasteiger partial charge on any atom is 0.128 e. The lowest BCUT2D eigenvalue weighted by atomic mass is 10.4. The number of nitrogens with zero attached hydrogens (tertiary/aromatic N) is 1. The summed E-state index contributed by atoms with van der Waals surface area (Å²) in [4.78, 5) is 3.99. The molecule has 3 heteroatoms. The Morgan fingerprint density at radius 2 is 2.55 bits per heavy atom. The number of pyridine rings is 1. The Morgan fingerprint density at radius 1 is 1.73 bits per heavy atom. The minimum absolute atomic E-state index is 0.466. The average molecular weight is 167 g/mol. The fraction of sp³-hybridized carbons (Fsp3) is 0.125. The highest BCUT2D eigenvalue weighted by Gasteiger charge is 1.91. The van der Waals surface area contributed by atoms with Crippen molar-refractivity contribution in [2.45, 2.75) is 0 Å². The molecule has 0 bridgehead atoms. The van der Waals surface area contributed by atoms with Crippen molar-refractivity contribution in [2.24, 2.45) is 0 Å². The predicted octanol–water partition coefficient (Wildman–Crippen LogP) is 1.78. The van der Waals surface area contributed by atoms with Gasteiger partial charge in [-0.15, -0.1) is 6.42 Å². The first-order valence-corrected chi connectivity index (χ1v) is 3.49. The van der Waals surface area contributed by atoms with Crippen LogP contribution in [0.2, 0.25) is 5.02 Å². The zero-order valence-electron chi connectivity index (χ0n) is 5.84. The third kappa shape index (κ3) is 2.48. The van der Waals surface area contributed by atoms with Gasteiger partial charge >= 0.3 is 0 Å². The van der Waals surface area contributed by atoms with Crippen LogP contribution >= 0.6 is 11.6 Å². The molecule has 0 saturated heterocycles. The van der Waals surface area contributed by atoms with Gasteiger partial charge in [0.05, 0.1) is 6.54 Å². The summed E-state index contributed by atoms with van der Waals surface area (Å²) in [6.45, 7) is 0.466. The summed E-state index contributed by atoms with van der Waals surface area (Å²) >= 11 is 5.69. The molecule has 0 saturated carbocycles. The molecule has 56 valence electrons. The second-order valence-electron chi connectivity index (χ2n) is 1.92. The van der Waals surface area contributed by atoms with Gasteiger partial charge in [-0.05, 0) is 12.1 Å². The summed E-state index contributed by atoms with van der Waals surface area (Å²) in [7, 11) is 0. The van der Waals surface area contributed by atoms with E-state index in [1.165, 1.54) is 0 Å². The van der Waals surface area contributed by atoms with Gasteiger partial charge in [-0.3, -0.25) is 0 Å². The zero-order valence-corrected chi connectivity index (χ0v) is 6.60. The normalized spacial score (nSPS) is 8.73. The lowest BCUT2D eigenvalue weighted by molar-refractivity contribution is 1.25. The van der Waals surface area contributed by atoms with E-state index in [1.54, 1.807) is 18.3 Å². The summed E-state index contributed by atoms with van der Waals surface area (Å²) < 4.78 is 0. The number of hydrogen-bond donors (Lipinski definition) is 1. The molecule has 0 radical (unpaired) electrons. The highest BCUT2D eigenvalue weighted by atomic mass is 35.5. The molecule has 0 unspecified atom stereocenters. The predicted molar refractivity (Wildman–Crippen MR) is 46.6 cm³/mol. The van der Waals surface area contributed by atoms with Gasteiger partial charge in [0.2, 0.25) is 0 Å². The number of halogens is 1. The van der Waals surface area contributed by atoms with E-state index in [4.69, 9.17) is 18.0 Å². The number of terminal acetylenes is 1. The monoisotopic (exact) mass is 166 g/mol. The smallest absolute Gasteiger partial charge is 0.128 e. The minimum Gasteiger partial charge on any atom is -0.359 e. The van der Waals surface area contributed by atoms with Gasteiger partial charge in [-0.2, -0.15) is 0 Å². The van der Waals surface area contributed by atoms with Crippen LogP contribution in [0.1, 0.15) is 0 Å². The minimum atomic E-state index is 0.466. The summed E-state index contributed by atoms with van der Waals surface area (Å²) in [5, 5.41) is 3.56. The molecule has 0 aliphatic heterocycles. The number of anilines is 1. The van der Waals surface area contributed by atoms with E-state index >= 15 is 0 Å². The Bertz CT molecular complexity index is 278. The molecular weight excluding hydrogens is 160 g/mol. The first-order chi connectivity index (χ1) is 5.33. The van der Waals surface area contributed by atoms with Crippen molar-refractivity contribution in [1.29, 1.82) is 0 Å². The summed E-state index contributed by atoms with van der Waals surface area (Å²) in [6.07, 6.45) is 6.67. The Labute approximate surface area is 70.6 Å². The summed E-state index contributed by atoms with van der Waals surface area (Å²) in [6, 6.07) is 3.43. The molecule has 0 spiro atoms. The SMILES string of the molecule is C#CCNc1cc(Cl)ccn1. The van der Waals surface area contributed by atoms with E-state index in [0.29, 0.717) is 17.4 Å². The number of aromatic nitrogens is 1. The van der Waals surface area contributed by atoms with Crippen molar-refractivity contribution in [1.82, 2.24) is 4.98 Å². The van der Waals surface area contributed by atoms with Crippen molar-refractivity contribution in [3.63, 3.8) is 0 Å². The second kappa shape index (κ2) is 3.85. The molecule has 0 amide bonds. The van der Waals surface area contributed by atoms with E-state index in [-0.39, 0.29) is 0 Å². The van der Waals surface area contributed by atoms with Gasteiger partial charge in [-0.1, -0.05) is 17.5 Å². The Morgan fingerprint density at radius 3 is 3.18 bits per heavy atom. The van der Waals surface area contributed by atoms with Crippen molar-refractivity contribution in [2.75, 3.05) is 11.9 Å². The lowest BCUT2D eigenvalue weighted by Gasteiger charge is -1.99. The van der Waals surface area contributed by atoms with E-state index in [9.17, 15) is 0 Å². The fourth-order valence-electron chi connectivity index (χ4n) is 0.643. The van der Waals surface area contributed by atoms with Crippen molar-refractivity contribution >= 4 is 17.4 Å². The highest BCUT2D eigenvalue weighted by Crippen LogP contribution is 2.10. The topological polar surface area (TPSA) is 24.9 Å². The van der Waals surface area contributed by atoms with Gasteiger partial charge in [0.15, 0.2) is 0 Å². The average Bonchev–Trinajstić information content (AvgIpc) is 2.01. The molecule has 2 nitrogen and oxygen atoms in total. The third-order valence-electron chi connectivity index (χ3n) is 1.09. The molecule has 1 rings (SSSR count). The van der Waals surface area contributed by atoms with E-state index in [2.05, 4.69) is 16.2 Å². The standard InChI is InChI=1S/C8H7ClN2/c1-2-4-10-8-6-7(9)3-5-11-8/h1,3,5-6H,4H2,(H,10,11). The maximum atomic E-state index is 5.69. The van der Waals surface area contributed by atoms with Crippen LogP contribution in [0, 0.1) is 12.3 Å². The first-order valence-electron chi connectivity index (χ1n) is 3.12. The van der Waals surface area contributed by atoms with Gasteiger partial charge < -0.3 is 5.32 Å². The second-order valence-corrected chi connectivity index (χ2v) is 2.35. The summed E-state index contributed by atoms with van der Waals surface area (Å²) in [5.74, 6) is 3.15. The van der Waals surface area contributed by atoms with Crippen molar-refractivity contribution in [3.8, 4) is 12.3 Å². The molecule has 0 aliphatic rings. The molecule has 1 aromatic rings. The maximum absolute atomic E-state index is 5.69. The Balaban J connectivity index is 2.65. The van der Waals surface area contributed by atoms with Crippen LogP contribution in [-0.4, -0.2) is 11.5 Å². The molecule has 0 aliphatic carbocycles. The molecule has 0 fully saturated rings. The lowest BCUT2D eigenvalue weighted by Crippen LogP contribution is -1.99. The Hall–Kier alpha value is -1.20. The van der Waals surface area contributed by atoms with Crippen LogP contribution in [0.5, 0.6) is 0 Å². The fourth-order valence-corrected chi connectivity index (χ4v) is 0.803. The van der Waals surface area contributed by atoms with E-state index in [1.807, 2.05) is 0 Å². The van der Waals surface area contributed by atoms with Crippen LogP contribution in [0.4, 0.5) is 5.82 Å². The van der Waals surface area contributed by atoms with Crippen LogP contribution in [0.15, 0.2) is 18.3 Å². The highest BCUT2D eigenvalue weighted by molar-refractivity contribution is 6.30. The van der Waals surface area contributed by atoms with Gasteiger partial charge in [0, 0.05) is 11.2 Å². The Kier molecular flexibility index (Phi) is 2.76. The molecule has 0 atom stereocenters. The summed E-state index contributed by atoms with van der Waals surface area (Å²) in [5.41, 5.74) is 0. The van der Waals surface area contributed by atoms with Gasteiger partial charge in [0.1, 0.15) is 5.82 Å². The van der Waals surface area contributed by atoms with Crippen molar-refractivity contribution in [3.05, 3.63) is 23.4 Å². The van der Waals surface area contributed by atoms with Gasteiger partial charge in [-0.25, -0.2) is 4.98 Å².